The molecule has 0 aromatic carbocycles. The predicted octanol–water partition coefficient (Wildman–Crippen LogP) is 1.73. The van der Waals surface area contributed by atoms with Crippen LogP contribution in [0.3, 0.4) is 0 Å². The monoisotopic (exact) mass is 291 g/mol. The Hall–Kier alpha value is -1.01. The maximum atomic E-state index is 6.04. The molecule has 3 unspecified atom stereocenters. The van der Waals surface area contributed by atoms with E-state index in [0.717, 1.165) is 45.5 Å². The Morgan fingerprint density at radius 1 is 1.52 bits per heavy atom. The Labute approximate surface area is 126 Å². The molecule has 2 fully saturated rings. The van der Waals surface area contributed by atoms with E-state index in [4.69, 9.17) is 15.3 Å². The Balaban J connectivity index is 1.82. The third-order valence-electron chi connectivity index (χ3n) is 4.91. The highest BCUT2D eigenvalue weighted by molar-refractivity contribution is 5.27. The highest BCUT2D eigenvalue weighted by atomic mass is 16.6. The molecule has 116 valence electrons. The summed E-state index contributed by atoms with van der Waals surface area (Å²) in [6, 6.07) is 2.25. The standard InChI is InChI=1S/C16H25N3O2/c1-2-12-10-18-6-3-14(12)15(19-17)13-4-7-21-16(9-13)5-8-20-11-16/h3,6,10,13,15,19H,2,4-5,7-9,11,17H2,1H3. The number of hydrazine groups is 1. The molecule has 3 rings (SSSR count). The van der Waals surface area contributed by atoms with E-state index in [9.17, 15) is 0 Å². The van der Waals surface area contributed by atoms with E-state index < -0.39 is 0 Å². The molecule has 5 heteroatoms. The molecule has 21 heavy (non-hydrogen) atoms. The molecule has 0 amide bonds. The number of nitrogens with one attached hydrogen (secondary N) is 1. The van der Waals surface area contributed by atoms with Gasteiger partial charge in [0.1, 0.15) is 0 Å². The van der Waals surface area contributed by atoms with Crippen LogP contribution in [0.15, 0.2) is 18.5 Å². The van der Waals surface area contributed by atoms with Crippen molar-refractivity contribution in [2.24, 2.45) is 11.8 Å². The average Bonchev–Trinajstić information content (AvgIpc) is 2.96. The van der Waals surface area contributed by atoms with Gasteiger partial charge in [-0.3, -0.25) is 16.3 Å². The van der Waals surface area contributed by atoms with Gasteiger partial charge in [-0.2, -0.15) is 0 Å². The van der Waals surface area contributed by atoms with Crippen molar-refractivity contribution in [1.29, 1.82) is 0 Å². The predicted molar refractivity (Wildman–Crippen MR) is 80.5 cm³/mol. The lowest BCUT2D eigenvalue weighted by atomic mass is 9.78. The number of hydrogen-bond acceptors (Lipinski definition) is 5. The third-order valence-corrected chi connectivity index (χ3v) is 4.91. The highest BCUT2D eigenvalue weighted by Crippen LogP contribution is 2.41. The van der Waals surface area contributed by atoms with Crippen LogP contribution in [0.1, 0.15) is 43.4 Å². The smallest absolute Gasteiger partial charge is 0.0940 e. The van der Waals surface area contributed by atoms with Gasteiger partial charge in [0.25, 0.3) is 0 Å². The number of rotatable bonds is 4. The summed E-state index contributed by atoms with van der Waals surface area (Å²) in [4.78, 5) is 4.24. The summed E-state index contributed by atoms with van der Waals surface area (Å²) in [5.74, 6) is 6.37. The molecule has 0 aliphatic carbocycles. The lowest BCUT2D eigenvalue weighted by molar-refractivity contribution is -0.103. The van der Waals surface area contributed by atoms with Gasteiger partial charge in [0, 0.05) is 38.1 Å². The van der Waals surface area contributed by atoms with Crippen LogP contribution in [0.25, 0.3) is 0 Å². The number of pyridine rings is 1. The number of ether oxygens (including phenoxy) is 2. The first-order chi connectivity index (χ1) is 10.3. The molecule has 0 bridgehead atoms. The maximum absolute atomic E-state index is 6.04. The zero-order valence-electron chi connectivity index (χ0n) is 12.7. The Morgan fingerprint density at radius 2 is 2.43 bits per heavy atom. The lowest BCUT2D eigenvalue weighted by Crippen LogP contribution is -2.45. The first kappa shape index (κ1) is 14.9. The number of aryl methyl sites for hydroxylation is 1. The van der Waals surface area contributed by atoms with E-state index in [1.165, 1.54) is 11.1 Å². The van der Waals surface area contributed by atoms with Crippen molar-refractivity contribution in [3.8, 4) is 0 Å². The van der Waals surface area contributed by atoms with Crippen LogP contribution < -0.4 is 11.3 Å². The Kier molecular flexibility index (Phi) is 4.54. The van der Waals surface area contributed by atoms with Crippen molar-refractivity contribution in [3.63, 3.8) is 0 Å². The van der Waals surface area contributed by atoms with Crippen molar-refractivity contribution in [1.82, 2.24) is 10.4 Å². The normalized spacial score (nSPS) is 30.7. The molecular weight excluding hydrogens is 266 g/mol. The number of nitrogens with two attached hydrogens (primary N) is 1. The van der Waals surface area contributed by atoms with Crippen LogP contribution in [-0.2, 0) is 15.9 Å². The van der Waals surface area contributed by atoms with Crippen LogP contribution in [0, 0.1) is 5.92 Å². The average molecular weight is 291 g/mol. The van der Waals surface area contributed by atoms with E-state index in [0.29, 0.717) is 5.92 Å². The van der Waals surface area contributed by atoms with E-state index >= 15 is 0 Å². The van der Waals surface area contributed by atoms with Crippen LogP contribution in [0.2, 0.25) is 0 Å². The van der Waals surface area contributed by atoms with Crippen molar-refractivity contribution in [2.75, 3.05) is 19.8 Å². The summed E-state index contributed by atoms with van der Waals surface area (Å²) >= 11 is 0. The zero-order chi connectivity index (χ0) is 14.7. The number of nitrogens with zero attached hydrogens (tertiary/aromatic N) is 1. The van der Waals surface area contributed by atoms with E-state index in [1.807, 2.05) is 12.4 Å². The molecule has 2 saturated heterocycles. The van der Waals surface area contributed by atoms with Gasteiger partial charge in [0.15, 0.2) is 0 Å². The summed E-state index contributed by atoms with van der Waals surface area (Å²) < 4.78 is 11.6. The summed E-state index contributed by atoms with van der Waals surface area (Å²) in [6.45, 7) is 4.48. The molecule has 2 aliphatic heterocycles. The first-order valence-corrected chi connectivity index (χ1v) is 7.88. The Morgan fingerprint density at radius 3 is 3.14 bits per heavy atom. The van der Waals surface area contributed by atoms with Gasteiger partial charge in [0.05, 0.1) is 12.2 Å². The van der Waals surface area contributed by atoms with Crippen molar-refractivity contribution >= 4 is 0 Å². The van der Waals surface area contributed by atoms with E-state index in [-0.39, 0.29) is 11.6 Å². The fourth-order valence-electron chi connectivity index (χ4n) is 3.73. The van der Waals surface area contributed by atoms with Crippen LogP contribution >= 0.6 is 0 Å². The van der Waals surface area contributed by atoms with Gasteiger partial charge in [-0.1, -0.05) is 6.92 Å². The maximum Gasteiger partial charge on any atom is 0.0940 e. The minimum absolute atomic E-state index is 0.0859. The fraction of sp³-hybridized carbons (Fsp3) is 0.688. The van der Waals surface area contributed by atoms with Crippen molar-refractivity contribution in [3.05, 3.63) is 29.6 Å². The molecule has 0 saturated carbocycles. The lowest BCUT2D eigenvalue weighted by Gasteiger charge is -2.40. The summed E-state index contributed by atoms with van der Waals surface area (Å²) in [6.07, 6.45) is 7.81. The molecule has 3 N–H and O–H groups in total. The van der Waals surface area contributed by atoms with Gasteiger partial charge < -0.3 is 9.47 Å². The number of hydrogen-bond donors (Lipinski definition) is 2. The second-order valence-electron chi connectivity index (χ2n) is 6.16. The van der Waals surface area contributed by atoms with E-state index in [1.54, 1.807) is 0 Å². The van der Waals surface area contributed by atoms with Gasteiger partial charge >= 0.3 is 0 Å². The molecule has 2 aliphatic rings. The zero-order valence-corrected chi connectivity index (χ0v) is 12.7. The minimum Gasteiger partial charge on any atom is -0.378 e. The summed E-state index contributed by atoms with van der Waals surface area (Å²) in [5, 5.41) is 0. The molecule has 0 radical (unpaired) electrons. The molecule has 3 heterocycles. The van der Waals surface area contributed by atoms with Gasteiger partial charge in [-0.05, 0) is 42.4 Å². The molecule has 3 atom stereocenters. The summed E-state index contributed by atoms with van der Waals surface area (Å²) in [7, 11) is 0. The topological polar surface area (TPSA) is 69.4 Å². The third kappa shape index (κ3) is 2.97. The van der Waals surface area contributed by atoms with Crippen LogP contribution in [-0.4, -0.2) is 30.4 Å². The molecule has 1 aromatic heterocycles. The fourth-order valence-corrected chi connectivity index (χ4v) is 3.73. The summed E-state index contributed by atoms with van der Waals surface area (Å²) in [5.41, 5.74) is 5.50. The second kappa shape index (κ2) is 6.40. The number of aromatic nitrogens is 1. The molecule has 5 nitrogen and oxygen atoms in total. The largest absolute Gasteiger partial charge is 0.378 e. The SMILES string of the molecule is CCc1cnccc1C(NN)C1CCOC2(CCOC2)C1. The van der Waals surface area contributed by atoms with Crippen LogP contribution in [0.5, 0.6) is 0 Å². The van der Waals surface area contributed by atoms with Gasteiger partial charge in [0.2, 0.25) is 0 Å². The quantitative estimate of drug-likeness (QED) is 0.653. The highest BCUT2D eigenvalue weighted by Gasteiger charge is 2.43. The van der Waals surface area contributed by atoms with Gasteiger partial charge in [-0.15, -0.1) is 0 Å². The van der Waals surface area contributed by atoms with Crippen molar-refractivity contribution in [2.45, 2.75) is 44.2 Å². The Bertz CT molecular complexity index is 474. The van der Waals surface area contributed by atoms with Crippen LogP contribution in [0.4, 0.5) is 0 Å². The molecule has 1 aromatic rings. The van der Waals surface area contributed by atoms with E-state index in [2.05, 4.69) is 23.4 Å². The molecule has 1 spiro atoms. The first-order valence-electron chi connectivity index (χ1n) is 7.88. The van der Waals surface area contributed by atoms with Gasteiger partial charge in [-0.25, -0.2) is 0 Å². The second-order valence-corrected chi connectivity index (χ2v) is 6.16. The minimum atomic E-state index is -0.0859. The van der Waals surface area contributed by atoms with Crippen molar-refractivity contribution < 1.29 is 9.47 Å². The molecular formula is C16H25N3O2.